The van der Waals surface area contributed by atoms with Crippen molar-refractivity contribution in [2.45, 2.75) is 11.8 Å². The van der Waals surface area contributed by atoms with Gasteiger partial charge in [0.15, 0.2) is 12.4 Å². The van der Waals surface area contributed by atoms with E-state index in [2.05, 4.69) is 150 Å². The van der Waals surface area contributed by atoms with Crippen molar-refractivity contribution in [1.82, 2.24) is 4.98 Å². The Bertz CT molecular complexity index is 1790. The zero-order chi connectivity index (χ0) is 26.2. The van der Waals surface area contributed by atoms with E-state index in [9.17, 15) is 0 Å². The third-order valence-electron chi connectivity index (χ3n) is 8.01. The van der Waals surface area contributed by atoms with E-state index in [-0.39, 0.29) is 11.8 Å². The van der Waals surface area contributed by atoms with Gasteiger partial charge in [-0.1, -0.05) is 103 Å². The van der Waals surface area contributed by atoms with Gasteiger partial charge >= 0.3 is 0 Å². The summed E-state index contributed by atoms with van der Waals surface area (Å²) in [5, 5.41) is 0. The molecule has 0 spiro atoms. The van der Waals surface area contributed by atoms with Gasteiger partial charge in [0, 0.05) is 35.9 Å². The van der Waals surface area contributed by atoms with Crippen LogP contribution in [0, 0.1) is 0 Å². The highest BCUT2D eigenvalue weighted by molar-refractivity contribution is 5.94. The molecule has 2 atom stereocenters. The fraction of sp³-hybridized carbons (Fsp3) is 0.0811. The highest BCUT2D eigenvalue weighted by Crippen LogP contribution is 2.51. The second-order valence-corrected chi connectivity index (χ2v) is 10.3. The van der Waals surface area contributed by atoms with Crippen LogP contribution in [0.25, 0.3) is 33.4 Å². The molecule has 0 N–H and O–H groups in total. The van der Waals surface area contributed by atoms with Gasteiger partial charge in [-0.3, -0.25) is 4.98 Å². The molecule has 1 aliphatic rings. The maximum absolute atomic E-state index is 4.61. The fourth-order valence-corrected chi connectivity index (χ4v) is 6.39. The Kier molecular flexibility index (Phi) is 5.86. The molecule has 1 aliphatic carbocycles. The molecule has 2 heterocycles. The summed E-state index contributed by atoms with van der Waals surface area (Å²) in [6.07, 6.45) is 8.30. The molecule has 0 bridgehead atoms. The third-order valence-corrected chi connectivity index (χ3v) is 8.01. The molecule has 0 aliphatic heterocycles. The minimum absolute atomic E-state index is 0.0526. The molecule has 0 fully saturated rings. The van der Waals surface area contributed by atoms with E-state index in [1.165, 1.54) is 55.6 Å². The largest absolute Gasteiger partial charge is 0.264 e. The number of pyridine rings is 2. The summed E-state index contributed by atoms with van der Waals surface area (Å²) in [5.74, 6) is 0.119. The Balaban J connectivity index is 1.67. The number of hydrogen-bond acceptors (Lipinski definition) is 1. The summed E-state index contributed by atoms with van der Waals surface area (Å²) in [4.78, 5) is 4.61. The Hall–Kier alpha value is -4.82. The van der Waals surface area contributed by atoms with E-state index >= 15 is 0 Å². The molecule has 0 saturated carbocycles. The number of rotatable bonds is 2. The fourth-order valence-electron chi connectivity index (χ4n) is 6.39. The van der Waals surface area contributed by atoms with Crippen LogP contribution in [-0.2, 0) is 7.05 Å². The van der Waals surface area contributed by atoms with Gasteiger partial charge in [-0.15, -0.1) is 0 Å². The molecule has 0 saturated heterocycles. The van der Waals surface area contributed by atoms with E-state index in [4.69, 9.17) is 0 Å². The van der Waals surface area contributed by atoms with E-state index < -0.39 is 0 Å². The second kappa shape index (κ2) is 9.81. The van der Waals surface area contributed by atoms with Gasteiger partial charge in [0.25, 0.3) is 0 Å². The predicted octanol–water partition coefficient (Wildman–Crippen LogP) is 8.18. The van der Waals surface area contributed by atoms with E-state index in [0.29, 0.717) is 0 Å². The van der Waals surface area contributed by atoms with Gasteiger partial charge < -0.3 is 0 Å². The zero-order valence-electron chi connectivity index (χ0n) is 21.9. The zero-order valence-corrected chi connectivity index (χ0v) is 21.9. The van der Waals surface area contributed by atoms with Crippen molar-refractivity contribution >= 4 is 0 Å². The first kappa shape index (κ1) is 23.3. The van der Waals surface area contributed by atoms with Crippen LogP contribution in [0.3, 0.4) is 0 Å². The van der Waals surface area contributed by atoms with Gasteiger partial charge in [-0.2, -0.15) is 0 Å². The van der Waals surface area contributed by atoms with Crippen molar-refractivity contribution in [3.8, 4) is 33.4 Å². The molecule has 2 nitrogen and oxygen atoms in total. The maximum Gasteiger partial charge on any atom is 0.172 e. The lowest BCUT2D eigenvalue weighted by Crippen LogP contribution is -2.28. The van der Waals surface area contributed by atoms with Crippen LogP contribution in [0.4, 0.5) is 0 Å². The molecule has 7 rings (SSSR count). The summed E-state index contributed by atoms with van der Waals surface area (Å²) in [5.41, 5.74) is 12.7. The molecular formula is C37H29N2+. The first-order valence-electron chi connectivity index (χ1n) is 13.5. The quantitative estimate of drug-likeness (QED) is 0.219. The number of aryl methyl sites for hydroxylation is 1. The Morgan fingerprint density at radius 1 is 0.487 bits per heavy atom. The van der Waals surface area contributed by atoms with Crippen LogP contribution in [0.2, 0.25) is 0 Å². The molecule has 6 aromatic rings. The van der Waals surface area contributed by atoms with Gasteiger partial charge in [-0.25, -0.2) is 4.57 Å². The molecular weight excluding hydrogens is 472 g/mol. The van der Waals surface area contributed by atoms with Crippen LogP contribution in [0.1, 0.15) is 34.1 Å². The van der Waals surface area contributed by atoms with Crippen LogP contribution in [-0.4, -0.2) is 4.98 Å². The average Bonchev–Trinajstić information content (AvgIpc) is 3.00. The Morgan fingerprint density at radius 2 is 0.949 bits per heavy atom. The number of benzene rings is 4. The average molecular weight is 502 g/mol. The van der Waals surface area contributed by atoms with Crippen molar-refractivity contribution in [3.63, 3.8) is 0 Å². The van der Waals surface area contributed by atoms with Crippen molar-refractivity contribution in [1.29, 1.82) is 0 Å². The maximum atomic E-state index is 4.61. The van der Waals surface area contributed by atoms with Crippen molar-refractivity contribution in [2.24, 2.45) is 7.05 Å². The first-order valence-corrected chi connectivity index (χ1v) is 13.5. The van der Waals surface area contributed by atoms with Crippen molar-refractivity contribution in [2.75, 3.05) is 0 Å². The summed E-state index contributed by atoms with van der Waals surface area (Å²) < 4.78 is 2.16. The summed E-state index contributed by atoms with van der Waals surface area (Å²) in [6, 6.07) is 44.4. The molecule has 2 aromatic heterocycles. The van der Waals surface area contributed by atoms with Gasteiger partial charge in [0.1, 0.15) is 7.05 Å². The van der Waals surface area contributed by atoms with Crippen LogP contribution in [0.5, 0.6) is 0 Å². The number of aromatic nitrogens is 2. The lowest BCUT2D eigenvalue weighted by Gasteiger charge is -2.33. The molecule has 0 radical (unpaired) electrons. The van der Waals surface area contributed by atoms with Crippen LogP contribution >= 0.6 is 0 Å². The lowest BCUT2D eigenvalue weighted by atomic mass is 9.69. The normalized spacial score (nSPS) is 15.8. The SMILES string of the molecule is C[n+]1cccc(C2c3ccccc3-c3ccccc3-c3ccccc3-c3ccccc3C2c2cccnc2)c1. The topological polar surface area (TPSA) is 16.8 Å². The van der Waals surface area contributed by atoms with Gasteiger partial charge in [0.05, 0.1) is 0 Å². The number of fused-ring (bicyclic) bond motifs is 7. The highest BCUT2D eigenvalue weighted by Gasteiger charge is 2.34. The second-order valence-electron chi connectivity index (χ2n) is 10.3. The molecule has 2 unspecified atom stereocenters. The Morgan fingerprint density at radius 3 is 1.46 bits per heavy atom. The molecule has 0 amide bonds. The summed E-state index contributed by atoms with van der Waals surface area (Å²) >= 11 is 0. The van der Waals surface area contributed by atoms with Crippen molar-refractivity contribution in [3.05, 3.63) is 168 Å². The third kappa shape index (κ3) is 4.06. The van der Waals surface area contributed by atoms with Crippen LogP contribution < -0.4 is 4.57 Å². The molecule has 186 valence electrons. The highest BCUT2D eigenvalue weighted by atomic mass is 14.9. The van der Waals surface area contributed by atoms with Crippen LogP contribution in [0.15, 0.2) is 146 Å². The van der Waals surface area contributed by atoms with E-state index in [1.54, 1.807) is 0 Å². The van der Waals surface area contributed by atoms with Gasteiger partial charge in [-0.05, 0) is 62.2 Å². The minimum Gasteiger partial charge on any atom is -0.264 e. The molecule has 39 heavy (non-hydrogen) atoms. The van der Waals surface area contributed by atoms with E-state index in [0.717, 1.165) is 0 Å². The number of hydrogen-bond donors (Lipinski definition) is 0. The lowest BCUT2D eigenvalue weighted by molar-refractivity contribution is -0.672. The smallest absolute Gasteiger partial charge is 0.172 e. The minimum atomic E-state index is 0.0526. The first-order chi connectivity index (χ1) is 19.3. The van der Waals surface area contributed by atoms with E-state index in [1.807, 2.05) is 12.4 Å². The summed E-state index contributed by atoms with van der Waals surface area (Å²) in [7, 11) is 2.11. The number of nitrogens with zero attached hydrogens (tertiary/aromatic N) is 2. The summed E-state index contributed by atoms with van der Waals surface area (Å²) in [6.45, 7) is 0. The molecule has 4 aromatic carbocycles. The monoisotopic (exact) mass is 501 g/mol. The molecule has 2 heteroatoms. The Labute approximate surface area is 229 Å². The standard InChI is InChI=1S/C37H29N2/c1-39-23-11-13-27(25-39)37-35-21-9-7-19-33(35)31-17-5-3-15-29(31)28-14-2-4-16-30(28)32-18-6-8-20-34(32)36(37)26-12-10-22-38-24-26/h2-25,36-37H,1H3/q+1. The van der Waals surface area contributed by atoms with Gasteiger partial charge in [0.2, 0.25) is 0 Å². The van der Waals surface area contributed by atoms with Crippen molar-refractivity contribution < 1.29 is 4.57 Å². The predicted molar refractivity (Wildman–Crippen MR) is 158 cm³/mol.